The van der Waals surface area contributed by atoms with Gasteiger partial charge in [0, 0.05) is 9.92 Å². The van der Waals surface area contributed by atoms with Crippen LogP contribution < -0.4 is 4.74 Å². The molecule has 0 fully saturated rings. The fraction of sp³-hybridized carbons (Fsp3) is 0.0952. The Morgan fingerprint density at radius 1 is 0.962 bits per heavy atom. The zero-order chi connectivity index (χ0) is 18.4. The number of hydrogen-bond donors (Lipinski definition) is 1. The van der Waals surface area contributed by atoms with Gasteiger partial charge in [0.15, 0.2) is 0 Å². The van der Waals surface area contributed by atoms with Gasteiger partial charge in [-0.2, -0.15) is 0 Å². The maximum atomic E-state index is 11.8. The van der Waals surface area contributed by atoms with Crippen molar-refractivity contribution in [1.29, 1.82) is 0 Å². The smallest absolute Gasteiger partial charge is 0.317 e. The molecule has 3 nitrogen and oxygen atoms in total. The molecular weight excluding hydrogens is 368 g/mol. The maximum absolute atomic E-state index is 11.8. The van der Waals surface area contributed by atoms with Crippen molar-refractivity contribution in [2.24, 2.45) is 0 Å². The van der Waals surface area contributed by atoms with Crippen molar-refractivity contribution in [1.82, 2.24) is 0 Å². The summed E-state index contributed by atoms with van der Waals surface area (Å²) in [5.41, 5.74) is 0.852. The van der Waals surface area contributed by atoms with E-state index in [1.165, 1.54) is 11.8 Å². The molecule has 132 valence electrons. The Bertz CT molecular complexity index is 866. The van der Waals surface area contributed by atoms with Crippen LogP contribution in [0, 0.1) is 0 Å². The number of carbonyl (C=O) groups is 1. The molecule has 1 atom stereocenters. The summed E-state index contributed by atoms with van der Waals surface area (Å²) in [5.74, 6) is 0.526. The van der Waals surface area contributed by atoms with Crippen LogP contribution in [0.15, 0.2) is 83.8 Å². The fourth-order valence-electron chi connectivity index (χ4n) is 2.44. The molecule has 1 N–H and O–H groups in total. The number of ether oxygens (including phenoxy) is 1. The van der Waals surface area contributed by atoms with Crippen LogP contribution in [-0.4, -0.2) is 16.3 Å². The summed E-state index contributed by atoms with van der Waals surface area (Å²) in [7, 11) is 0. The number of rotatable bonds is 7. The van der Waals surface area contributed by atoms with Gasteiger partial charge < -0.3 is 9.84 Å². The number of carboxylic acids is 1. The van der Waals surface area contributed by atoms with Crippen molar-refractivity contribution in [3.63, 3.8) is 0 Å². The van der Waals surface area contributed by atoms with Crippen LogP contribution in [0.2, 0.25) is 5.02 Å². The van der Waals surface area contributed by atoms with E-state index >= 15 is 0 Å². The van der Waals surface area contributed by atoms with Crippen molar-refractivity contribution in [3.05, 3.63) is 89.4 Å². The second kappa shape index (κ2) is 8.79. The van der Waals surface area contributed by atoms with E-state index in [4.69, 9.17) is 16.3 Å². The lowest BCUT2D eigenvalue weighted by atomic mass is 10.1. The molecule has 0 aliphatic rings. The third kappa shape index (κ3) is 5.04. The number of aliphatic carboxylic acids is 1. The summed E-state index contributed by atoms with van der Waals surface area (Å²) in [6.07, 6.45) is 0.353. The van der Waals surface area contributed by atoms with Gasteiger partial charge in [-0.3, -0.25) is 4.79 Å². The molecule has 3 rings (SSSR count). The van der Waals surface area contributed by atoms with Crippen LogP contribution in [0.1, 0.15) is 5.56 Å². The van der Waals surface area contributed by atoms with Crippen LogP contribution in [0.3, 0.4) is 0 Å². The quantitative estimate of drug-likeness (QED) is 0.513. The molecular formula is C21H17ClO3S. The molecule has 0 aliphatic carbocycles. The van der Waals surface area contributed by atoms with Gasteiger partial charge in [-0.05, 0) is 54.4 Å². The number of para-hydroxylation sites is 2. The highest BCUT2D eigenvalue weighted by Gasteiger charge is 2.21. The zero-order valence-electron chi connectivity index (χ0n) is 13.8. The van der Waals surface area contributed by atoms with Crippen molar-refractivity contribution < 1.29 is 14.6 Å². The van der Waals surface area contributed by atoms with E-state index in [0.29, 0.717) is 17.2 Å². The Balaban J connectivity index is 1.79. The van der Waals surface area contributed by atoms with Crippen LogP contribution >= 0.6 is 23.4 Å². The molecule has 3 aromatic carbocycles. The topological polar surface area (TPSA) is 46.5 Å². The SMILES string of the molecule is O=C(O)C(Cc1ccccc1Oc1ccccc1)Sc1ccc(Cl)cc1. The van der Waals surface area contributed by atoms with Crippen LogP contribution in [-0.2, 0) is 11.2 Å². The molecule has 0 spiro atoms. The second-order valence-corrected chi connectivity index (χ2v) is 7.34. The number of benzene rings is 3. The molecule has 26 heavy (non-hydrogen) atoms. The Kier molecular flexibility index (Phi) is 6.21. The van der Waals surface area contributed by atoms with Crippen molar-refractivity contribution >= 4 is 29.3 Å². The summed E-state index contributed by atoms with van der Waals surface area (Å²) in [6, 6.07) is 24.1. The van der Waals surface area contributed by atoms with E-state index in [2.05, 4.69) is 0 Å². The van der Waals surface area contributed by atoms with Gasteiger partial charge in [0.25, 0.3) is 0 Å². The third-order valence-corrected chi connectivity index (χ3v) is 5.17. The van der Waals surface area contributed by atoms with E-state index in [-0.39, 0.29) is 0 Å². The molecule has 0 bridgehead atoms. The van der Waals surface area contributed by atoms with E-state index in [9.17, 15) is 9.90 Å². The summed E-state index contributed by atoms with van der Waals surface area (Å²) in [6.45, 7) is 0. The summed E-state index contributed by atoms with van der Waals surface area (Å²) in [5, 5.41) is 9.64. The highest BCUT2D eigenvalue weighted by atomic mass is 35.5. The van der Waals surface area contributed by atoms with E-state index < -0.39 is 11.2 Å². The minimum Gasteiger partial charge on any atom is -0.480 e. The molecule has 0 saturated carbocycles. The fourth-order valence-corrected chi connectivity index (χ4v) is 3.56. The third-order valence-electron chi connectivity index (χ3n) is 3.72. The minimum atomic E-state index is -0.862. The lowest BCUT2D eigenvalue weighted by Crippen LogP contribution is -2.19. The molecule has 5 heteroatoms. The number of hydrogen-bond acceptors (Lipinski definition) is 3. The lowest BCUT2D eigenvalue weighted by Gasteiger charge is -2.15. The van der Waals surface area contributed by atoms with E-state index in [1.807, 2.05) is 66.7 Å². The first kappa shape index (κ1) is 18.4. The Morgan fingerprint density at radius 3 is 2.31 bits per heavy atom. The minimum absolute atomic E-state index is 0.353. The number of carboxylic acid groups (broad SMARTS) is 1. The van der Waals surface area contributed by atoms with E-state index in [1.54, 1.807) is 12.1 Å². The van der Waals surface area contributed by atoms with Crippen LogP contribution in [0.25, 0.3) is 0 Å². The number of halogens is 1. The average Bonchev–Trinajstić information content (AvgIpc) is 2.65. The highest BCUT2D eigenvalue weighted by Crippen LogP contribution is 2.31. The van der Waals surface area contributed by atoms with Gasteiger partial charge in [-0.1, -0.05) is 48.0 Å². The highest BCUT2D eigenvalue weighted by molar-refractivity contribution is 8.00. The van der Waals surface area contributed by atoms with Gasteiger partial charge in [0.05, 0.1) is 0 Å². The molecule has 0 aliphatic heterocycles. The first-order chi connectivity index (χ1) is 12.6. The molecule has 0 amide bonds. The first-order valence-corrected chi connectivity index (χ1v) is 9.33. The van der Waals surface area contributed by atoms with Crippen molar-refractivity contribution in [2.75, 3.05) is 0 Å². The van der Waals surface area contributed by atoms with Crippen molar-refractivity contribution in [3.8, 4) is 11.5 Å². The van der Waals surface area contributed by atoms with Crippen LogP contribution in [0.4, 0.5) is 0 Å². The zero-order valence-corrected chi connectivity index (χ0v) is 15.4. The normalized spacial score (nSPS) is 11.7. The molecule has 0 heterocycles. The average molecular weight is 385 g/mol. The summed E-state index contributed by atoms with van der Waals surface area (Å²) < 4.78 is 5.94. The molecule has 1 unspecified atom stereocenters. The second-order valence-electron chi connectivity index (χ2n) is 5.63. The predicted octanol–water partition coefficient (Wildman–Crippen LogP) is 5.92. The Labute approximate surface area is 161 Å². The standard InChI is InChI=1S/C21H17ClO3S/c22-16-10-12-18(13-11-16)26-20(21(23)24)14-15-6-4-5-9-19(15)25-17-7-2-1-3-8-17/h1-13,20H,14H2,(H,23,24). The van der Waals surface area contributed by atoms with Gasteiger partial charge in [-0.15, -0.1) is 11.8 Å². The monoisotopic (exact) mass is 384 g/mol. The predicted molar refractivity (Wildman–Crippen MR) is 105 cm³/mol. The van der Waals surface area contributed by atoms with Crippen molar-refractivity contribution in [2.45, 2.75) is 16.6 Å². The molecule has 3 aromatic rings. The van der Waals surface area contributed by atoms with Gasteiger partial charge in [0.2, 0.25) is 0 Å². The van der Waals surface area contributed by atoms with Gasteiger partial charge in [-0.25, -0.2) is 0 Å². The lowest BCUT2D eigenvalue weighted by molar-refractivity contribution is -0.136. The maximum Gasteiger partial charge on any atom is 0.317 e. The molecule has 0 aromatic heterocycles. The van der Waals surface area contributed by atoms with Gasteiger partial charge >= 0.3 is 5.97 Å². The van der Waals surface area contributed by atoms with Crippen LogP contribution in [0.5, 0.6) is 11.5 Å². The Morgan fingerprint density at radius 2 is 1.62 bits per heavy atom. The summed E-state index contributed by atoms with van der Waals surface area (Å²) >= 11 is 7.20. The Hall–Kier alpha value is -2.43. The summed E-state index contributed by atoms with van der Waals surface area (Å²) in [4.78, 5) is 12.6. The molecule has 0 saturated heterocycles. The largest absolute Gasteiger partial charge is 0.480 e. The number of thioether (sulfide) groups is 1. The first-order valence-electron chi connectivity index (χ1n) is 8.07. The van der Waals surface area contributed by atoms with E-state index in [0.717, 1.165) is 16.2 Å². The van der Waals surface area contributed by atoms with Gasteiger partial charge in [0.1, 0.15) is 16.7 Å². The molecule has 0 radical (unpaired) electrons.